The van der Waals surface area contributed by atoms with Crippen LogP contribution in [0, 0.1) is 39.9 Å². The summed E-state index contributed by atoms with van der Waals surface area (Å²) in [5.41, 5.74) is 8.12. The van der Waals surface area contributed by atoms with Crippen molar-refractivity contribution in [3.8, 4) is 0 Å². The van der Waals surface area contributed by atoms with Crippen molar-refractivity contribution in [2.24, 2.45) is 39.9 Å². The molecule has 0 aliphatic heterocycles. The molecule has 0 aromatic rings. The van der Waals surface area contributed by atoms with Crippen LogP contribution < -0.4 is 0 Å². The molecule has 5 atom stereocenters. The van der Waals surface area contributed by atoms with Crippen LogP contribution in [0.1, 0.15) is 143 Å². The number of allylic oxidation sites excluding steroid dienone is 6. The van der Waals surface area contributed by atoms with Crippen LogP contribution in [0.5, 0.6) is 0 Å². The minimum Gasteiger partial charge on any atom is -0.0999 e. The van der Waals surface area contributed by atoms with Crippen molar-refractivity contribution in [3.05, 3.63) is 47.6 Å². The first kappa shape index (κ1) is 27.5. The van der Waals surface area contributed by atoms with Gasteiger partial charge in [-0.1, -0.05) is 77.0 Å². The summed E-state index contributed by atoms with van der Waals surface area (Å²) < 4.78 is 0. The molecule has 0 radical (unpaired) electrons. The highest BCUT2D eigenvalue weighted by Gasteiger charge is 2.56. The van der Waals surface area contributed by atoms with Gasteiger partial charge in [-0.2, -0.15) is 0 Å². The van der Waals surface area contributed by atoms with Crippen LogP contribution in [0.15, 0.2) is 47.6 Å². The second-order valence-corrected chi connectivity index (χ2v) is 15.3. The zero-order valence-corrected chi connectivity index (χ0v) is 25.1. The molecule has 5 saturated carbocycles. The highest BCUT2D eigenvalue weighted by Crippen LogP contribution is 2.67. The van der Waals surface area contributed by atoms with Gasteiger partial charge in [-0.05, 0) is 154 Å². The molecule has 0 N–H and O–H groups in total. The van der Waals surface area contributed by atoms with Gasteiger partial charge < -0.3 is 0 Å². The first-order valence-corrected chi connectivity index (χ1v) is 16.4. The molecule has 206 valence electrons. The predicted molar refractivity (Wildman–Crippen MR) is 162 cm³/mol. The zero-order chi connectivity index (χ0) is 26.3. The summed E-state index contributed by atoms with van der Waals surface area (Å²) in [4.78, 5) is 0. The van der Waals surface area contributed by atoms with E-state index in [4.69, 9.17) is 0 Å². The normalized spacial score (nSPS) is 37.6. The van der Waals surface area contributed by atoms with Crippen molar-refractivity contribution in [2.45, 2.75) is 143 Å². The van der Waals surface area contributed by atoms with E-state index < -0.39 is 0 Å². The molecule has 0 heteroatoms. The number of hydrogen-bond acceptors (Lipinski definition) is 0. The average Bonchev–Trinajstić information content (AvgIpc) is 3.43. The fourth-order valence-electron chi connectivity index (χ4n) is 9.95. The maximum atomic E-state index is 4.62. The third-order valence-corrected chi connectivity index (χ3v) is 12.9. The number of rotatable bonds is 9. The molecule has 0 spiro atoms. The summed E-state index contributed by atoms with van der Waals surface area (Å²) in [6, 6.07) is 0. The summed E-state index contributed by atoms with van der Waals surface area (Å²) in [5, 5.41) is 0. The summed E-state index contributed by atoms with van der Waals surface area (Å²) in [5.74, 6) is 3.17. The van der Waals surface area contributed by atoms with Gasteiger partial charge >= 0.3 is 0 Å². The molecule has 5 fully saturated rings. The van der Waals surface area contributed by atoms with Crippen LogP contribution in [0.3, 0.4) is 0 Å². The monoisotopic (exact) mass is 502 g/mol. The minimum absolute atomic E-state index is 0.518. The van der Waals surface area contributed by atoms with Gasteiger partial charge in [-0.25, -0.2) is 0 Å². The van der Waals surface area contributed by atoms with E-state index in [9.17, 15) is 0 Å². The maximum Gasteiger partial charge on any atom is -0.0143 e. The molecule has 0 bridgehead atoms. The maximum absolute atomic E-state index is 4.62. The van der Waals surface area contributed by atoms with Gasteiger partial charge in [-0.15, -0.1) is 0 Å². The Morgan fingerprint density at radius 3 is 2.43 bits per heavy atom. The minimum atomic E-state index is 0.518. The third kappa shape index (κ3) is 5.52. The largest absolute Gasteiger partial charge is 0.0999 e. The van der Waals surface area contributed by atoms with Gasteiger partial charge in [0.05, 0.1) is 0 Å². The van der Waals surface area contributed by atoms with Gasteiger partial charge in [0, 0.05) is 0 Å². The van der Waals surface area contributed by atoms with E-state index in [2.05, 4.69) is 53.0 Å². The van der Waals surface area contributed by atoms with Crippen molar-refractivity contribution in [2.75, 3.05) is 0 Å². The van der Waals surface area contributed by atoms with E-state index in [1.54, 1.807) is 11.1 Å². The Labute approximate surface area is 230 Å². The number of fused-ring (bicyclic) bond motifs is 1. The lowest BCUT2D eigenvalue weighted by molar-refractivity contribution is 0.117. The summed E-state index contributed by atoms with van der Waals surface area (Å²) in [6.07, 6.45) is 30.2. The molecule has 0 aromatic heterocycles. The summed E-state index contributed by atoms with van der Waals surface area (Å²) in [7, 11) is 0. The Morgan fingerprint density at radius 1 is 0.946 bits per heavy atom. The molecule has 5 aliphatic rings. The van der Waals surface area contributed by atoms with Crippen LogP contribution in [0.2, 0.25) is 0 Å². The highest BCUT2D eigenvalue weighted by atomic mass is 14.6. The second kappa shape index (κ2) is 10.8. The molecule has 5 aliphatic carbocycles. The second-order valence-electron chi connectivity index (χ2n) is 15.3. The molecule has 5 unspecified atom stereocenters. The average molecular weight is 503 g/mol. The highest BCUT2D eigenvalue weighted by molar-refractivity contribution is 5.36. The van der Waals surface area contributed by atoms with Crippen molar-refractivity contribution in [3.63, 3.8) is 0 Å². The first-order chi connectivity index (χ1) is 17.7. The van der Waals surface area contributed by atoms with Gasteiger partial charge in [0.25, 0.3) is 0 Å². The molecule has 5 rings (SSSR count). The lowest BCUT2D eigenvalue weighted by Gasteiger charge is -2.43. The smallest absolute Gasteiger partial charge is 0.0143 e. The van der Waals surface area contributed by atoms with E-state index in [1.165, 1.54) is 127 Å². The molecule has 0 nitrogen and oxygen atoms in total. The fraction of sp³-hybridized carbons (Fsp3) is 0.784. The lowest BCUT2D eigenvalue weighted by atomic mass is 9.62. The van der Waals surface area contributed by atoms with Gasteiger partial charge in [0.1, 0.15) is 0 Å². The van der Waals surface area contributed by atoms with Crippen LogP contribution in [0.25, 0.3) is 0 Å². The Bertz CT molecular complexity index is 916. The first-order valence-electron chi connectivity index (χ1n) is 16.4. The van der Waals surface area contributed by atoms with E-state index >= 15 is 0 Å². The molecule has 0 saturated heterocycles. The Hall–Kier alpha value is -1.04. The molecule has 0 amide bonds. The Balaban J connectivity index is 1.15. The van der Waals surface area contributed by atoms with Gasteiger partial charge in [-0.3, -0.25) is 0 Å². The van der Waals surface area contributed by atoms with Crippen LogP contribution >= 0.6 is 0 Å². The van der Waals surface area contributed by atoms with Gasteiger partial charge in [0.2, 0.25) is 0 Å². The predicted octanol–water partition coefficient (Wildman–Crippen LogP) is 11.5. The van der Waals surface area contributed by atoms with Crippen molar-refractivity contribution < 1.29 is 0 Å². The fourth-order valence-corrected chi connectivity index (χ4v) is 9.95. The van der Waals surface area contributed by atoms with E-state index in [0.717, 1.165) is 17.8 Å². The van der Waals surface area contributed by atoms with Gasteiger partial charge in [0.15, 0.2) is 0 Å². The van der Waals surface area contributed by atoms with Crippen LogP contribution in [-0.4, -0.2) is 0 Å². The van der Waals surface area contributed by atoms with Crippen LogP contribution in [0.4, 0.5) is 0 Å². The van der Waals surface area contributed by atoms with Crippen molar-refractivity contribution in [1.82, 2.24) is 0 Å². The third-order valence-electron chi connectivity index (χ3n) is 12.9. The molecule has 37 heavy (non-hydrogen) atoms. The van der Waals surface area contributed by atoms with Crippen LogP contribution in [-0.2, 0) is 0 Å². The quantitative estimate of drug-likeness (QED) is 0.275. The Kier molecular flexibility index (Phi) is 8.07. The van der Waals surface area contributed by atoms with E-state index in [0.29, 0.717) is 22.2 Å². The molecule has 0 aromatic carbocycles. The molecular formula is C37H58. The van der Waals surface area contributed by atoms with Crippen molar-refractivity contribution >= 4 is 0 Å². The SMILES string of the molecule is C=C(CCC1(C2(C)CCCC2)CC1)CC(C)CC1CCC2/C(=C/C=C3/CCCC(C)C3=C)CCCC12C. The van der Waals surface area contributed by atoms with E-state index in [1.807, 2.05) is 0 Å². The summed E-state index contributed by atoms with van der Waals surface area (Å²) >= 11 is 0. The number of hydrogen-bond donors (Lipinski definition) is 0. The summed E-state index contributed by atoms with van der Waals surface area (Å²) in [6.45, 7) is 19.2. The lowest BCUT2D eigenvalue weighted by Crippen LogP contribution is -2.34. The van der Waals surface area contributed by atoms with Crippen molar-refractivity contribution in [1.29, 1.82) is 0 Å². The Morgan fingerprint density at radius 2 is 1.70 bits per heavy atom. The zero-order valence-electron chi connectivity index (χ0n) is 25.1. The molecule has 0 heterocycles. The topological polar surface area (TPSA) is 0 Å². The van der Waals surface area contributed by atoms with E-state index in [-0.39, 0.29) is 0 Å². The standard InChI is InChI=1S/C37H58/c1-27(18-22-37(23-24-37)35(5)19-7-8-20-35)25-28(2)26-33-16-17-34-32(13-10-21-36(33,34)6)15-14-31-12-9-11-29(3)30(31)4/h14-15,28-29,33-34H,1,4,7-13,16-26H2,2-3,5-6H3/b31-14-,32-15+. The molecular weight excluding hydrogens is 444 g/mol.